The van der Waals surface area contributed by atoms with Crippen LogP contribution in [0.5, 0.6) is 0 Å². The summed E-state index contributed by atoms with van der Waals surface area (Å²) in [5, 5.41) is 7.65. The Morgan fingerprint density at radius 3 is 2.35 bits per heavy atom. The number of benzene rings is 1. The maximum atomic E-state index is 11.9. The summed E-state index contributed by atoms with van der Waals surface area (Å²) in [6, 6.07) is 6.51. The van der Waals surface area contributed by atoms with Crippen molar-refractivity contribution in [2.24, 2.45) is 5.92 Å². The first-order valence-electron chi connectivity index (χ1n) is 7.16. The molecule has 0 saturated carbocycles. The van der Waals surface area contributed by atoms with E-state index in [4.69, 9.17) is 4.89 Å². The minimum atomic E-state index is -3.58. The van der Waals surface area contributed by atoms with E-state index in [-0.39, 0.29) is 30.8 Å². The molecule has 0 spiro atoms. The standard InChI is InChI=1S/C14H22N3O4PS/c1-10(2)9-13(18)17-12-5-3-11(4-6-12)14(19)15-7-8-16-22(20,21)23/h3-6,10H,7-9H2,1-2H3,(H,15,19)(H,17,18)(H3,16,20,21,23). The van der Waals surface area contributed by atoms with Crippen LogP contribution in [0.2, 0.25) is 0 Å². The van der Waals surface area contributed by atoms with Crippen LogP contribution in [-0.2, 0) is 9.36 Å². The highest BCUT2D eigenvalue weighted by Crippen LogP contribution is 2.39. The molecule has 0 aromatic heterocycles. The Labute approximate surface area is 140 Å². The van der Waals surface area contributed by atoms with Crippen molar-refractivity contribution < 1.29 is 19.0 Å². The van der Waals surface area contributed by atoms with Crippen molar-refractivity contribution in [1.82, 2.24) is 10.4 Å². The maximum Gasteiger partial charge on any atom is 0.321 e. The van der Waals surface area contributed by atoms with Crippen LogP contribution >= 0.6 is 19.0 Å². The van der Waals surface area contributed by atoms with Gasteiger partial charge in [0.25, 0.3) is 5.91 Å². The van der Waals surface area contributed by atoms with Crippen molar-refractivity contribution in [3.05, 3.63) is 29.8 Å². The summed E-state index contributed by atoms with van der Waals surface area (Å²) in [5.74, 6) is -0.0950. The van der Waals surface area contributed by atoms with Crippen molar-refractivity contribution in [2.75, 3.05) is 18.4 Å². The van der Waals surface area contributed by atoms with E-state index in [0.717, 1.165) is 0 Å². The number of rotatable bonds is 8. The van der Waals surface area contributed by atoms with Crippen molar-refractivity contribution >= 4 is 36.5 Å². The lowest BCUT2D eigenvalue weighted by atomic mass is 10.1. The van der Waals surface area contributed by atoms with E-state index >= 15 is 0 Å². The first-order valence-corrected chi connectivity index (χ1v) is 9.97. The van der Waals surface area contributed by atoms with E-state index in [0.29, 0.717) is 17.7 Å². The van der Waals surface area contributed by atoms with Gasteiger partial charge in [0.1, 0.15) is 0 Å². The lowest BCUT2D eigenvalue weighted by Crippen LogP contribution is -2.30. The van der Waals surface area contributed by atoms with Gasteiger partial charge in [-0.2, -0.15) is 0 Å². The molecule has 1 unspecified atom stereocenters. The minimum absolute atomic E-state index is 0.0662. The van der Waals surface area contributed by atoms with Crippen molar-refractivity contribution in [3.63, 3.8) is 0 Å². The zero-order valence-corrected chi connectivity index (χ0v) is 14.9. The molecule has 7 nitrogen and oxygen atoms in total. The number of anilines is 1. The van der Waals surface area contributed by atoms with E-state index in [1.807, 2.05) is 13.8 Å². The average molecular weight is 359 g/mol. The second-order valence-electron chi connectivity index (χ2n) is 5.43. The fourth-order valence-corrected chi connectivity index (χ4v) is 2.47. The van der Waals surface area contributed by atoms with Crippen LogP contribution in [0, 0.1) is 5.92 Å². The van der Waals surface area contributed by atoms with E-state index in [1.54, 1.807) is 24.3 Å². The minimum Gasteiger partial charge on any atom is -0.351 e. The molecule has 1 aromatic carbocycles. The van der Waals surface area contributed by atoms with Crippen LogP contribution in [0.4, 0.5) is 5.69 Å². The quantitative estimate of drug-likeness (QED) is 0.277. The molecule has 23 heavy (non-hydrogen) atoms. The molecule has 128 valence electrons. The third-order valence-electron chi connectivity index (χ3n) is 2.75. The summed E-state index contributed by atoms with van der Waals surface area (Å²) in [6.07, 6.45) is 0.440. The van der Waals surface area contributed by atoms with Crippen LogP contribution < -0.4 is 15.7 Å². The number of carbonyl (C=O) groups is 2. The smallest absolute Gasteiger partial charge is 0.321 e. The normalized spacial score (nSPS) is 13.4. The summed E-state index contributed by atoms with van der Waals surface area (Å²) in [6.45, 7) is 0.675. The van der Waals surface area contributed by atoms with Crippen LogP contribution in [0.1, 0.15) is 30.6 Å². The molecule has 0 saturated heterocycles. The highest BCUT2D eigenvalue weighted by Gasteiger charge is 2.10. The Hall–Kier alpha value is -1.34. The van der Waals surface area contributed by atoms with Crippen LogP contribution in [0.15, 0.2) is 24.3 Å². The van der Waals surface area contributed by atoms with Gasteiger partial charge in [-0.25, -0.2) is 5.09 Å². The number of thiol groups is 1. The average Bonchev–Trinajstić information content (AvgIpc) is 2.42. The van der Waals surface area contributed by atoms with Crippen molar-refractivity contribution in [2.45, 2.75) is 20.3 Å². The fraction of sp³-hybridized carbons (Fsp3) is 0.429. The number of hydrogen-bond donors (Lipinski definition) is 5. The number of hydrogen-bond acceptors (Lipinski definition) is 3. The number of carbonyl (C=O) groups excluding carboxylic acids is 2. The van der Waals surface area contributed by atoms with Crippen LogP contribution in [0.3, 0.4) is 0 Å². The summed E-state index contributed by atoms with van der Waals surface area (Å²) in [4.78, 5) is 32.4. The molecule has 0 heterocycles. The molecule has 0 aliphatic carbocycles. The summed E-state index contributed by atoms with van der Waals surface area (Å²) in [5.41, 5.74) is 1.06. The molecule has 0 aliphatic heterocycles. The third kappa shape index (κ3) is 8.76. The van der Waals surface area contributed by atoms with E-state index < -0.39 is 6.72 Å². The lowest BCUT2D eigenvalue weighted by Gasteiger charge is -2.09. The van der Waals surface area contributed by atoms with E-state index in [9.17, 15) is 14.2 Å². The Morgan fingerprint density at radius 2 is 1.83 bits per heavy atom. The fourth-order valence-electron chi connectivity index (χ4n) is 1.77. The summed E-state index contributed by atoms with van der Waals surface area (Å²) in [7, 11) is 0. The largest absolute Gasteiger partial charge is 0.351 e. The molecule has 1 atom stereocenters. The second kappa shape index (κ2) is 9.08. The molecule has 0 bridgehead atoms. The van der Waals surface area contributed by atoms with Gasteiger partial charge in [-0.15, -0.1) is 0 Å². The number of amides is 2. The summed E-state index contributed by atoms with van der Waals surface area (Å²) >= 11 is 3.46. The lowest BCUT2D eigenvalue weighted by molar-refractivity contribution is -0.116. The van der Waals surface area contributed by atoms with E-state index in [1.165, 1.54) is 0 Å². The Balaban J connectivity index is 2.45. The predicted octanol–water partition coefficient (Wildman–Crippen LogP) is 2.02. The Morgan fingerprint density at radius 1 is 1.22 bits per heavy atom. The molecular weight excluding hydrogens is 337 g/mol. The second-order valence-corrected chi connectivity index (χ2v) is 8.46. The van der Waals surface area contributed by atoms with Crippen molar-refractivity contribution in [1.29, 1.82) is 0 Å². The number of nitrogens with one attached hydrogen (secondary N) is 3. The van der Waals surface area contributed by atoms with Gasteiger partial charge in [-0.05, 0) is 30.2 Å². The monoisotopic (exact) mass is 359 g/mol. The van der Waals surface area contributed by atoms with Gasteiger partial charge in [0.15, 0.2) is 0 Å². The summed E-state index contributed by atoms with van der Waals surface area (Å²) < 4.78 is 10.9. The van der Waals surface area contributed by atoms with Crippen LogP contribution in [-0.4, -0.2) is 29.8 Å². The SMILES string of the molecule is CC(C)CC(=O)Nc1ccc(C(=O)NCCNP(=O)(O)S)cc1. The molecular formula is C14H22N3O4PS. The van der Waals surface area contributed by atoms with Crippen LogP contribution in [0.25, 0.3) is 0 Å². The van der Waals surface area contributed by atoms with Gasteiger partial charge in [0, 0.05) is 30.8 Å². The predicted molar refractivity (Wildman–Crippen MR) is 93.7 cm³/mol. The van der Waals surface area contributed by atoms with Gasteiger partial charge >= 0.3 is 6.72 Å². The third-order valence-corrected chi connectivity index (χ3v) is 3.81. The molecule has 1 aromatic rings. The van der Waals surface area contributed by atoms with Gasteiger partial charge in [-0.3, -0.25) is 14.2 Å². The molecule has 0 fully saturated rings. The zero-order valence-electron chi connectivity index (χ0n) is 13.1. The van der Waals surface area contributed by atoms with Gasteiger partial charge in [0.05, 0.1) is 0 Å². The molecule has 9 heteroatoms. The highest BCUT2D eigenvalue weighted by molar-refractivity contribution is 8.45. The molecule has 4 N–H and O–H groups in total. The molecule has 0 radical (unpaired) electrons. The zero-order chi connectivity index (χ0) is 17.5. The first kappa shape index (κ1) is 19.7. The Bertz CT molecular complexity index is 586. The highest BCUT2D eigenvalue weighted by atomic mass is 32.7. The van der Waals surface area contributed by atoms with Gasteiger partial charge in [0.2, 0.25) is 5.91 Å². The first-order chi connectivity index (χ1) is 10.7. The molecule has 0 aliphatic rings. The Kier molecular flexibility index (Phi) is 7.78. The van der Waals surface area contributed by atoms with Gasteiger partial charge < -0.3 is 15.5 Å². The molecule has 1 rings (SSSR count). The maximum absolute atomic E-state index is 11.9. The van der Waals surface area contributed by atoms with Crippen molar-refractivity contribution in [3.8, 4) is 0 Å². The van der Waals surface area contributed by atoms with E-state index in [2.05, 4.69) is 28.0 Å². The topological polar surface area (TPSA) is 108 Å². The van der Waals surface area contributed by atoms with Gasteiger partial charge in [-0.1, -0.05) is 26.1 Å². The molecule has 2 amide bonds.